The molecule has 0 heterocycles. The van der Waals surface area contributed by atoms with E-state index in [9.17, 15) is 0 Å². The van der Waals surface area contributed by atoms with Crippen molar-refractivity contribution in [2.45, 2.75) is 46.0 Å². The Morgan fingerprint density at radius 3 is 2.69 bits per heavy atom. The molecule has 2 aliphatic carbocycles. The number of allylic oxidation sites excluding steroid dienone is 4. The maximum atomic E-state index is 3.55. The number of hydrogen-bond acceptors (Lipinski definition) is 0. The summed E-state index contributed by atoms with van der Waals surface area (Å²) in [5.74, 6) is 0.764. The van der Waals surface area contributed by atoms with E-state index in [0.29, 0.717) is 0 Å². The van der Waals surface area contributed by atoms with Crippen molar-refractivity contribution in [1.29, 1.82) is 0 Å². The minimum Gasteiger partial charge on any atom is -0.249 e. The third-order valence-electron chi connectivity index (χ3n) is 3.21. The Morgan fingerprint density at radius 1 is 1.31 bits per heavy atom. The fourth-order valence-electron chi connectivity index (χ4n) is 2.60. The molecule has 0 aromatic heterocycles. The normalized spacial score (nSPS) is 26.6. The van der Waals surface area contributed by atoms with E-state index in [-0.39, 0.29) is 21.7 Å². The zero-order valence-electron chi connectivity index (χ0n) is 8.61. The predicted molar refractivity (Wildman–Crippen MR) is 51.7 cm³/mol. The topological polar surface area (TPSA) is 0 Å². The second-order valence-electron chi connectivity index (χ2n) is 3.98. The zero-order valence-corrected chi connectivity index (χ0v) is 10.2. The van der Waals surface area contributed by atoms with Gasteiger partial charge in [-0.25, -0.2) is 17.2 Å². The average molecular weight is 209 g/mol. The summed E-state index contributed by atoms with van der Waals surface area (Å²) in [5.41, 5.74) is 4.77. The smallest absolute Gasteiger partial charge is 0 e. The Morgan fingerprint density at radius 2 is 2.00 bits per heavy atom. The molecule has 1 unspecified atom stereocenters. The van der Waals surface area contributed by atoms with Crippen LogP contribution in [-0.4, -0.2) is 0 Å². The quantitative estimate of drug-likeness (QED) is 0.456. The summed E-state index contributed by atoms with van der Waals surface area (Å²) in [6.07, 6.45) is 10.3. The first-order chi connectivity index (χ1) is 5.83. The van der Waals surface area contributed by atoms with Gasteiger partial charge in [-0.15, -0.1) is 0 Å². The molecule has 0 aliphatic heterocycles. The van der Waals surface area contributed by atoms with Crippen molar-refractivity contribution in [3.05, 3.63) is 22.8 Å². The molecule has 70 valence electrons. The van der Waals surface area contributed by atoms with Crippen LogP contribution in [-0.2, 0) is 21.7 Å². The van der Waals surface area contributed by atoms with Crippen LogP contribution in [0.25, 0.3) is 0 Å². The standard InChI is InChI=1S/C12H17.Ti/c1-3-11-9(2)8-10-6-4-5-7-12(10)11;/h11H,3-7H2,1-2H3;/q-1;. The van der Waals surface area contributed by atoms with E-state index in [1.165, 1.54) is 37.7 Å². The van der Waals surface area contributed by atoms with Gasteiger partial charge in [0.05, 0.1) is 0 Å². The van der Waals surface area contributed by atoms with Crippen molar-refractivity contribution in [3.63, 3.8) is 0 Å². The molecule has 1 heteroatoms. The van der Waals surface area contributed by atoms with Crippen molar-refractivity contribution in [2.24, 2.45) is 5.92 Å². The van der Waals surface area contributed by atoms with Crippen molar-refractivity contribution in [2.75, 3.05) is 0 Å². The van der Waals surface area contributed by atoms with Gasteiger partial charge in [-0.3, -0.25) is 0 Å². The SMILES string of the molecule is CCC1C(C)=[C-]C2=C1CCCC2.[Ti]. The predicted octanol–water partition coefficient (Wildman–Crippen LogP) is 3.64. The molecule has 0 fully saturated rings. The fraction of sp³-hybridized carbons (Fsp3) is 0.667. The Hall–Kier alpha value is 0.194. The van der Waals surface area contributed by atoms with Crippen LogP contribution in [0.5, 0.6) is 0 Å². The van der Waals surface area contributed by atoms with Crippen LogP contribution in [0.15, 0.2) is 16.7 Å². The Kier molecular flexibility index (Phi) is 4.00. The molecule has 0 saturated carbocycles. The molecular formula is C12H17Ti-. The zero-order chi connectivity index (χ0) is 8.55. The van der Waals surface area contributed by atoms with E-state index in [1.807, 2.05) is 0 Å². The van der Waals surface area contributed by atoms with E-state index in [1.54, 1.807) is 11.1 Å². The van der Waals surface area contributed by atoms with Gasteiger partial charge in [-0.2, -0.15) is 5.57 Å². The van der Waals surface area contributed by atoms with Crippen molar-refractivity contribution in [1.82, 2.24) is 0 Å². The Labute approximate surface area is 96.4 Å². The van der Waals surface area contributed by atoms with Crippen molar-refractivity contribution < 1.29 is 21.7 Å². The average Bonchev–Trinajstić information content (AvgIpc) is 2.40. The van der Waals surface area contributed by atoms with E-state index in [4.69, 9.17) is 0 Å². The first kappa shape index (κ1) is 11.3. The molecule has 0 saturated heterocycles. The van der Waals surface area contributed by atoms with Gasteiger partial charge in [0.1, 0.15) is 0 Å². The van der Waals surface area contributed by atoms with Crippen LogP contribution < -0.4 is 0 Å². The molecule has 0 amide bonds. The fourth-order valence-corrected chi connectivity index (χ4v) is 2.60. The molecule has 2 rings (SSSR count). The molecule has 0 nitrogen and oxygen atoms in total. The van der Waals surface area contributed by atoms with Gasteiger partial charge in [0, 0.05) is 21.7 Å². The number of rotatable bonds is 1. The van der Waals surface area contributed by atoms with Crippen molar-refractivity contribution >= 4 is 0 Å². The summed E-state index contributed by atoms with van der Waals surface area (Å²) in [6, 6.07) is 0. The molecular weight excluding hydrogens is 192 g/mol. The van der Waals surface area contributed by atoms with E-state index in [0.717, 1.165) is 5.92 Å². The van der Waals surface area contributed by atoms with Crippen LogP contribution >= 0.6 is 0 Å². The summed E-state index contributed by atoms with van der Waals surface area (Å²) in [4.78, 5) is 0. The minimum absolute atomic E-state index is 0. The molecule has 0 radical (unpaired) electrons. The molecule has 1 atom stereocenters. The van der Waals surface area contributed by atoms with E-state index in [2.05, 4.69) is 19.9 Å². The summed E-state index contributed by atoms with van der Waals surface area (Å²) < 4.78 is 0. The summed E-state index contributed by atoms with van der Waals surface area (Å²) >= 11 is 0. The molecule has 2 aliphatic rings. The monoisotopic (exact) mass is 209 g/mol. The largest absolute Gasteiger partial charge is 0.249 e. The maximum absolute atomic E-state index is 3.55. The summed E-state index contributed by atoms with van der Waals surface area (Å²) in [6.45, 7) is 4.53. The molecule has 0 aromatic carbocycles. The van der Waals surface area contributed by atoms with Gasteiger partial charge in [-0.05, 0) is 0 Å². The summed E-state index contributed by atoms with van der Waals surface area (Å²) in [5, 5.41) is 0. The first-order valence-corrected chi connectivity index (χ1v) is 5.15. The van der Waals surface area contributed by atoms with E-state index >= 15 is 0 Å². The van der Waals surface area contributed by atoms with Gasteiger partial charge >= 0.3 is 0 Å². The molecule has 13 heavy (non-hydrogen) atoms. The molecule has 0 spiro atoms. The van der Waals surface area contributed by atoms with Gasteiger partial charge in [0.2, 0.25) is 0 Å². The van der Waals surface area contributed by atoms with Crippen LogP contribution in [0.2, 0.25) is 0 Å². The van der Waals surface area contributed by atoms with Gasteiger partial charge < -0.3 is 0 Å². The molecule has 0 N–H and O–H groups in total. The van der Waals surface area contributed by atoms with Gasteiger partial charge in [0.25, 0.3) is 0 Å². The van der Waals surface area contributed by atoms with Crippen LogP contribution in [0, 0.1) is 12.0 Å². The van der Waals surface area contributed by atoms with E-state index < -0.39 is 0 Å². The molecule has 0 aromatic rings. The minimum atomic E-state index is 0. The summed E-state index contributed by atoms with van der Waals surface area (Å²) in [7, 11) is 0. The third kappa shape index (κ3) is 2.00. The second-order valence-corrected chi connectivity index (χ2v) is 3.98. The first-order valence-electron chi connectivity index (χ1n) is 5.15. The third-order valence-corrected chi connectivity index (χ3v) is 3.21. The van der Waals surface area contributed by atoms with Gasteiger partial charge in [0.15, 0.2) is 0 Å². The van der Waals surface area contributed by atoms with Crippen LogP contribution in [0.4, 0.5) is 0 Å². The maximum Gasteiger partial charge on any atom is 0 e. The van der Waals surface area contributed by atoms with Gasteiger partial charge in [-0.1, -0.05) is 51.9 Å². The Balaban J connectivity index is 0.000000845. The molecule has 0 bridgehead atoms. The van der Waals surface area contributed by atoms with Crippen molar-refractivity contribution in [3.8, 4) is 0 Å². The number of hydrogen-bond donors (Lipinski definition) is 0. The Bertz CT molecular complexity index is 248. The van der Waals surface area contributed by atoms with Crippen LogP contribution in [0.3, 0.4) is 0 Å². The van der Waals surface area contributed by atoms with Crippen LogP contribution in [0.1, 0.15) is 46.0 Å². The second kappa shape index (κ2) is 4.62.